The number of hydrogen-bond donors (Lipinski definition) is 1. The lowest BCUT2D eigenvalue weighted by Gasteiger charge is -2.07. The first kappa shape index (κ1) is 10.5. The van der Waals surface area contributed by atoms with E-state index in [1.165, 1.54) is 25.3 Å². The predicted molar refractivity (Wildman–Crippen MR) is 58.7 cm³/mol. The Bertz CT molecular complexity index is 539. The highest BCUT2D eigenvalue weighted by Crippen LogP contribution is 2.28. The summed E-state index contributed by atoms with van der Waals surface area (Å²) >= 11 is 0. The first-order chi connectivity index (χ1) is 7.61. The Kier molecular flexibility index (Phi) is 2.56. The molecule has 0 bridgehead atoms. The van der Waals surface area contributed by atoms with Gasteiger partial charge in [-0.05, 0) is 24.6 Å². The van der Waals surface area contributed by atoms with Crippen molar-refractivity contribution in [2.75, 3.05) is 5.73 Å². The fourth-order valence-electron chi connectivity index (χ4n) is 1.50. The highest BCUT2D eigenvalue weighted by molar-refractivity contribution is 5.74. The number of nitrogens with zero attached hydrogens (tertiary/aromatic N) is 1. The van der Waals surface area contributed by atoms with Crippen molar-refractivity contribution in [3.63, 3.8) is 0 Å². The number of benzene rings is 1. The van der Waals surface area contributed by atoms with Gasteiger partial charge in [0.05, 0.1) is 0 Å². The second-order valence-electron chi connectivity index (χ2n) is 3.49. The van der Waals surface area contributed by atoms with E-state index in [9.17, 15) is 8.78 Å². The smallest absolute Gasteiger partial charge is 0.167 e. The molecule has 2 N–H and O–H groups in total. The van der Waals surface area contributed by atoms with Gasteiger partial charge in [0, 0.05) is 17.3 Å². The minimum Gasteiger partial charge on any atom is -0.383 e. The van der Waals surface area contributed by atoms with E-state index in [4.69, 9.17) is 5.73 Å². The van der Waals surface area contributed by atoms with E-state index in [2.05, 4.69) is 4.98 Å². The highest BCUT2D eigenvalue weighted by atomic mass is 19.2. The fourth-order valence-corrected chi connectivity index (χ4v) is 1.50. The molecule has 16 heavy (non-hydrogen) atoms. The van der Waals surface area contributed by atoms with E-state index < -0.39 is 11.6 Å². The van der Waals surface area contributed by atoms with E-state index in [0.717, 1.165) is 0 Å². The van der Waals surface area contributed by atoms with Gasteiger partial charge in [-0.25, -0.2) is 13.8 Å². The summed E-state index contributed by atoms with van der Waals surface area (Å²) in [5.41, 5.74) is 6.41. The van der Waals surface area contributed by atoms with Crippen LogP contribution in [0.1, 0.15) is 5.56 Å². The van der Waals surface area contributed by atoms with Crippen molar-refractivity contribution in [2.24, 2.45) is 0 Å². The first-order valence-corrected chi connectivity index (χ1v) is 4.76. The molecule has 0 unspecified atom stereocenters. The first-order valence-electron chi connectivity index (χ1n) is 4.76. The number of halogens is 2. The number of aryl methyl sites for hydroxylation is 1. The Morgan fingerprint density at radius 3 is 2.50 bits per heavy atom. The van der Waals surface area contributed by atoms with Crippen molar-refractivity contribution >= 4 is 5.82 Å². The zero-order valence-corrected chi connectivity index (χ0v) is 8.67. The molecule has 0 saturated carbocycles. The highest BCUT2D eigenvalue weighted by Gasteiger charge is 2.14. The van der Waals surface area contributed by atoms with Crippen molar-refractivity contribution in [2.45, 2.75) is 6.92 Å². The third kappa shape index (κ3) is 1.62. The van der Waals surface area contributed by atoms with Gasteiger partial charge >= 0.3 is 0 Å². The molecule has 0 amide bonds. The number of anilines is 1. The normalized spacial score (nSPS) is 10.4. The minimum atomic E-state index is -0.889. The molecule has 1 heterocycles. The zero-order valence-electron chi connectivity index (χ0n) is 8.67. The Labute approximate surface area is 91.7 Å². The monoisotopic (exact) mass is 220 g/mol. The summed E-state index contributed by atoms with van der Waals surface area (Å²) in [6.07, 6.45) is 1.50. The lowest BCUT2D eigenvalue weighted by Crippen LogP contribution is -1.97. The van der Waals surface area contributed by atoms with Crippen LogP contribution in [0.5, 0.6) is 0 Å². The summed E-state index contributed by atoms with van der Waals surface area (Å²) in [5.74, 6) is -1.55. The van der Waals surface area contributed by atoms with Crippen LogP contribution in [0.15, 0.2) is 30.5 Å². The Morgan fingerprint density at radius 1 is 1.06 bits per heavy atom. The number of rotatable bonds is 1. The molecule has 0 aliphatic carbocycles. The van der Waals surface area contributed by atoms with Gasteiger partial charge in [-0.15, -0.1) is 0 Å². The molecule has 0 atom stereocenters. The molecule has 2 rings (SSSR count). The summed E-state index contributed by atoms with van der Waals surface area (Å²) in [6, 6.07) is 6.25. The van der Waals surface area contributed by atoms with Gasteiger partial charge in [0.25, 0.3) is 0 Å². The molecule has 0 saturated heterocycles. The summed E-state index contributed by atoms with van der Waals surface area (Å²) in [6.45, 7) is 1.51. The van der Waals surface area contributed by atoms with Crippen molar-refractivity contribution < 1.29 is 8.78 Å². The maximum atomic E-state index is 13.7. The van der Waals surface area contributed by atoms with Crippen LogP contribution in [-0.4, -0.2) is 4.98 Å². The fraction of sp³-hybridized carbons (Fsp3) is 0.0833. The second-order valence-corrected chi connectivity index (χ2v) is 3.49. The zero-order chi connectivity index (χ0) is 11.7. The quantitative estimate of drug-likeness (QED) is 0.802. The van der Waals surface area contributed by atoms with Crippen LogP contribution in [0.2, 0.25) is 0 Å². The van der Waals surface area contributed by atoms with E-state index in [1.54, 1.807) is 12.1 Å². The van der Waals surface area contributed by atoms with Gasteiger partial charge in [-0.2, -0.15) is 0 Å². The van der Waals surface area contributed by atoms with Gasteiger partial charge in [-0.3, -0.25) is 0 Å². The molecule has 0 radical (unpaired) electrons. The topological polar surface area (TPSA) is 38.9 Å². The maximum Gasteiger partial charge on any atom is 0.167 e. The van der Waals surface area contributed by atoms with E-state index in [-0.39, 0.29) is 16.9 Å². The maximum absolute atomic E-state index is 13.7. The van der Waals surface area contributed by atoms with Gasteiger partial charge in [0.1, 0.15) is 5.82 Å². The summed E-state index contributed by atoms with van der Waals surface area (Å²) < 4.78 is 27.0. The third-order valence-corrected chi connectivity index (χ3v) is 2.40. The Balaban J connectivity index is 2.66. The number of hydrogen-bond acceptors (Lipinski definition) is 2. The molecule has 82 valence electrons. The van der Waals surface area contributed by atoms with Crippen LogP contribution in [0, 0.1) is 18.6 Å². The standard InChI is InChI=1S/C12H10F2N2/c1-7-4-5-8(11(14)10(7)13)9-3-2-6-16-12(9)15/h2-6H,1H3,(H2,15,16). The minimum absolute atomic E-state index is 0.133. The van der Waals surface area contributed by atoms with Gasteiger partial charge in [-0.1, -0.05) is 12.1 Å². The molecule has 1 aromatic heterocycles. The number of nitrogen functional groups attached to an aromatic ring is 1. The number of pyridine rings is 1. The van der Waals surface area contributed by atoms with Gasteiger partial charge in [0.2, 0.25) is 0 Å². The van der Waals surface area contributed by atoms with E-state index in [1.807, 2.05) is 0 Å². The molecule has 0 fully saturated rings. The SMILES string of the molecule is Cc1ccc(-c2cccnc2N)c(F)c1F. The van der Waals surface area contributed by atoms with E-state index >= 15 is 0 Å². The lowest BCUT2D eigenvalue weighted by molar-refractivity contribution is 0.505. The molecule has 4 heteroatoms. The molecule has 0 aliphatic heterocycles. The van der Waals surface area contributed by atoms with Crippen LogP contribution in [0.25, 0.3) is 11.1 Å². The molecular formula is C12H10F2N2. The summed E-state index contributed by atoms with van der Waals surface area (Å²) in [4.78, 5) is 3.84. The molecular weight excluding hydrogens is 210 g/mol. The van der Waals surface area contributed by atoms with Crippen molar-refractivity contribution in [3.8, 4) is 11.1 Å². The van der Waals surface area contributed by atoms with E-state index in [0.29, 0.717) is 5.56 Å². The van der Waals surface area contributed by atoms with Crippen LogP contribution in [0.4, 0.5) is 14.6 Å². The number of nitrogens with two attached hydrogens (primary N) is 1. The largest absolute Gasteiger partial charge is 0.383 e. The van der Waals surface area contributed by atoms with Crippen LogP contribution in [-0.2, 0) is 0 Å². The molecule has 0 spiro atoms. The molecule has 0 aliphatic rings. The van der Waals surface area contributed by atoms with Crippen molar-refractivity contribution in [1.82, 2.24) is 4.98 Å². The third-order valence-electron chi connectivity index (χ3n) is 2.40. The van der Waals surface area contributed by atoms with Crippen molar-refractivity contribution in [3.05, 3.63) is 47.7 Å². The Hall–Kier alpha value is -1.97. The van der Waals surface area contributed by atoms with Crippen LogP contribution in [0.3, 0.4) is 0 Å². The molecule has 2 aromatic rings. The summed E-state index contributed by atoms with van der Waals surface area (Å²) in [7, 11) is 0. The predicted octanol–water partition coefficient (Wildman–Crippen LogP) is 2.92. The van der Waals surface area contributed by atoms with Crippen molar-refractivity contribution in [1.29, 1.82) is 0 Å². The number of aromatic nitrogens is 1. The van der Waals surface area contributed by atoms with Crippen LogP contribution < -0.4 is 5.73 Å². The van der Waals surface area contributed by atoms with Crippen LogP contribution >= 0.6 is 0 Å². The van der Waals surface area contributed by atoms with Gasteiger partial charge in [0.15, 0.2) is 11.6 Å². The Morgan fingerprint density at radius 2 is 1.81 bits per heavy atom. The summed E-state index contributed by atoms with van der Waals surface area (Å²) in [5, 5.41) is 0. The molecule has 2 nitrogen and oxygen atoms in total. The van der Waals surface area contributed by atoms with Gasteiger partial charge < -0.3 is 5.73 Å². The second kappa shape index (κ2) is 3.89. The average molecular weight is 220 g/mol. The average Bonchev–Trinajstić information content (AvgIpc) is 2.28. The molecule has 1 aromatic carbocycles. The lowest BCUT2D eigenvalue weighted by atomic mass is 10.0.